The van der Waals surface area contributed by atoms with Gasteiger partial charge in [0.05, 0.1) is 12.2 Å². The number of amides is 1. The van der Waals surface area contributed by atoms with E-state index in [1.807, 2.05) is 0 Å². The van der Waals surface area contributed by atoms with Crippen molar-refractivity contribution in [2.75, 3.05) is 0 Å². The molecule has 6 heteroatoms. The second kappa shape index (κ2) is 5.89. The minimum atomic E-state index is -0.881. The average molecular weight is 225 g/mol. The SMILES string of the molecule is CC(CC(=O)O)CC(=O)NCc1ccn[nH]1. The minimum Gasteiger partial charge on any atom is -0.481 e. The van der Waals surface area contributed by atoms with Crippen molar-refractivity contribution in [3.05, 3.63) is 18.0 Å². The molecular formula is C10H15N3O3. The van der Waals surface area contributed by atoms with Crippen molar-refractivity contribution in [3.8, 4) is 0 Å². The summed E-state index contributed by atoms with van der Waals surface area (Å²) in [6, 6.07) is 1.76. The van der Waals surface area contributed by atoms with Gasteiger partial charge in [0.15, 0.2) is 0 Å². The Hall–Kier alpha value is -1.85. The molecule has 1 unspecified atom stereocenters. The number of H-pyrrole nitrogens is 1. The van der Waals surface area contributed by atoms with E-state index in [1.165, 1.54) is 0 Å². The highest BCUT2D eigenvalue weighted by Gasteiger charge is 2.12. The molecular weight excluding hydrogens is 210 g/mol. The molecule has 1 aromatic rings. The highest BCUT2D eigenvalue weighted by molar-refractivity contribution is 5.77. The molecule has 1 amide bonds. The van der Waals surface area contributed by atoms with Gasteiger partial charge in [0.1, 0.15) is 0 Å². The van der Waals surface area contributed by atoms with Gasteiger partial charge >= 0.3 is 5.97 Å². The van der Waals surface area contributed by atoms with Gasteiger partial charge in [-0.25, -0.2) is 0 Å². The fraction of sp³-hybridized carbons (Fsp3) is 0.500. The molecule has 88 valence electrons. The van der Waals surface area contributed by atoms with Crippen LogP contribution >= 0.6 is 0 Å². The van der Waals surface area contributed by atoms with E-state index in [-0.39, 0.29) is 24.7 Å². The van der Waals surface area contributed by atoms with E-state index < -0.39 is 5.97 Å². The van der Waals surface area contributed by atoms with Crippen molar-refractivity contribution in [1.29, 1.82) is 0 Å². The maximum atomic E-state index is 11.4. The van der Waals surface area contributed by atoms with Crippen molar-refractivity contribution in [2.24, 2.45) is 5.92 Å². The van der Waals surface area contributed by atoms with Crippen molar-refractivity contribution in [1.82, 2.24) is 15.5 Å². The van der Waals surface area contributed by atoms with Crippen LogP contribution in [0.5, 0.6) is 0 Å². The van der Waals surface area contributed by atoms with Gasteiger partial charge in [-0.05, 0) is 12.0 Å². The van der Waals surface area contributed by atoms with E-state index >= 15 is 0 Å². The Morgan fingerprint density at radius 2 is 2.31 bits per heavy atom. The zero-order chi connectivity index (χ0) is 12.0. The molecule has 16 heavy (non-hydrogen) atoms. The molecule has 3 N–H and O–H groups in total. The predicted octanol–water partition coefficient (Wildman–Crippen LogP) is 0.527. The normalized spacial score (nSPS) is 12.1. The van der Waals surface area contributed by atoms with E-state index in [0.717, 1.165) is 5.69 Å². The summed E-state index contributed by atoms with van der Waals surface area (Å²) in [5.41, 5.74) is 0.819. The molecule has 1 aromatic heterocycles. The Bertz CT molecular complexity index is 348. The van der Waals surface area contributed by atoms with Crippen LogP contribution < -0.4 is 5.32 Å². The third kappa shape index (κ3) is 4.59. The van der Waals surface area contributed by atoms with Crippen molar-refractivity contribution < 1.29 is 14.7 Å². The van der Waals surface area contributed by atoms with Gasteiger partial charge in [0.2, 0.25) is 5.91 Å². The van der Waals surface area contributed by atoms with Crippen LogP contribution in [-0.4, -0.2) is 27.2 Å². The smallest absolute Gasteiger partial charge is 0.303 e. The quantitative estimate of drug-likeness (QED) is 0.658. The number of carbonyl (C=O) groups excluding carboxylic acids is 1. The number of hydrogen-bond donors (Lipinski definition) is 3. The molecule has 0 saturated heterocycles. The Balaban J connectivity index is 2.23. The maximum absolute atomic E-state index is 11.4. The van der Waals surface area contributed by atoms with Crippen LogP contribution in [-0.2, 0) is 16.1 Å². The van der Waals surface area contributed by atoms with Crippen LogP contribution in [0.1, 0.15) is 25.5 Å². The third-order valence-corrected chi connectivity index (χ3v) is 2.09. The molecule has 0 bridgehead atoms. The standard InChI is InChI=1S/C10H15N3O3/c1-7(5-10(15)16)4-9(14)11-6-8-2-3-12-13-8/h2-3,7H,4-6H2,1H3,(H,11,14)(H,12,13)(H,15,16). The summed E-state index contributed by atoms with van der Waals surface area (Å²) in [5, 5.41) is 17.7. The number of carboxylic acid groups (broad SMARTS) is 1. The number of aliphatic carboxylic acids is 1. The molecule has 0 aromatic carbocycles. The van der Waals surface area contributed by atoms with Crippen LogP contribution in [0.3, 0.4) is 0 Å². The number of rotatable bonds is 6. The molecule has 0 saturated carbocycles. The summed E-state index contributed by atoms with van der Waals surface area (Å²) >= 11 is 0. The number of nitrogens with zero attached hydrogens (tertiary/aromatic N) is 1. The van der Waals surface area contributed by atoms with E-state index in [2.05, 4.69) is 15.5 Å². The summed E-state index contributed by atoms with van der Waals surface area (Å²) in [4.78, 5) is 21.8. The summed E-state index contributed by atoms with van der Waals surface area (Å²) < 4.78 is 0. The Kier molecular flexibility index (Phi) is 4.50. The van der Waals surface area contributed by atoms with Crippen LogP contribution in [0.15, 0.2) is 12.3 Å². The van der Waals surface area contributed by atoms with E-state index in [9.17, 15) is 9.59 Å². The number of carboxylic acids is 1. The molecule has 0 aliphatic rings. The first-order valence-corrected chi connectivity index (χ1v) is 5.04. The topological polar surface area (TPSA) is 95.1 Å². The Labute approximate surface area is 93.1 Å². The summed E-state index contributed by atoms with van der Waals surface area (Å²) in [7, 11) is 0. The predicted molar refractivity (Wildman–Crippen MR) is 56.5 cm³/mol. The first-order valence-electron chi connectivity index (χ1n) is 5.04. The first-order chi connectivity index (χ1) is 7.58. The highest BCUT2D eigenvalue weighted by atomic mass is 16.4. The monoisotopic (exact) mass is 225 g/mol. The van der Waals surface area contributed by atoms with Gasteiger partial charge in [-0.1, -0.05) is 6.92 Å². The van der Waals surface area contributed by atoms with Gasteiger partial charge in [-0.2, -0.15) is 5.10 Å². The number of aromatic nitrogens is 2. The first kappa shape index (κ1) is 12.2. The molecule has 0 fully saturated rings. The number of nitrogens with one attached hydrogen (secondary N) is 2. The third-order valence-electron chi connectivity index (χ3n) is 2.09. The molecule has 1 atom stereocenters. The Morgan fingerprint density at radius 3 is 2.88 bits per heavy atom. The van der Waals surface area contributed by atoms with E-state index in [4.69, 9.17) is 5.11 Å². The highest BCUT2D eigenvalue weighted by Crippen LogP contribution is 2.06. The van der Waals surface area contributed by atoms with Crippen molar-refractivity contribution >= 4 is 11.9 Å². The van der Waals surface area contributed by atoms with Crippen LogP contribution in [0, 0.1) is 5.92 Å². The van der Waals surface area contributed by atoms with Gasteiger partial charge in [0.25, 0.3) is 0 Å². The van der Waals surface area contributed by atoms with Crippen molar-refractivity contribution in [3.63, 3.8) is 0 Å². The number of carbonyl (C=O) groups is 2. The van der Waals surface area contributed by atoms with Gasteiger partial charge in [-0.15, -0.1) is 0 Å². The number of hydrogen-bond acceptors (Lipinski definition) is 3. The fourth-order valence-electron chi connectivity index (χ4n) is 1.34. The molecule has 0 spiro atoms. The minimum absolute atomic E-state index is 0.0114. The second-order valence-electron chi connectivity index (χ2n) is 3.77. The van der Waals surface area contributed by atoms with E-state index in [1.54, 1.807) is 19.2 Å². The lowest BCUT2D eigenvalue weighted by Crippen LogP contribution is -2.25. The Morgan fingerprint density at radius 1 is 1.56 bits per heavy atom. The molecule has 0 aliphatic heterocycles. The lowest BCUT2D eigenvalue weighted by Gasteiger charge is -2.08. The lowest BCUT2D eigenvalue weighted by molar-refractivity contribution is -0.138. The zero-order valence-electron chi connectivity index (χ0n) is 9.06. The second-order valence-corrected chi connectivity index (χ2v) is 3.77. The maximum Gasteiger partial charge on any atom is 0.303 e. The lowest BCUT2D eigenvalue weighted by atomic mass is 10.0. The summed E-state index contributed by atoms with van der Waals surface area (Å²) in [5.74, 6) is -1.18. The van der Waals surface area contributed by atoms with Gasteiger partial charge in [0, 0.05) is 19.0 Å². The molecule has 0 aliphatic carbocycles. The molecule has 1 heterocycles. The summed E-state index contributed by atoms with van der Waals surface area (Å²) in [6.07, 6.45) is 1.84. The summed E-state index contributed by atoms with van der Waals surface area (Å²) in [6.45, 7) is 2.13. The molecule has 0 radical (unpaired) electrons. The molecule has 6 nitrogen and oxygen atoms in total. The van der Waals surface area contributed by atoms with Crippen LogP contribution in [0.25, 0.3) is 0 Å². The van der Waals surface area contributed by atoms with Crippen molar-refractivity contribution in [2.45, 2.75) is 26.3 Å². The van der Waals surface area contributed by atoms with E-state index in [0.29, 0.717) is 6.54 Å². The van der Waals surface area contributed by atoms with Gasteiger partial charge < -0.3 is 10.4 Å². The van der Waals surface area contributed by atoms with Crippen LogP contribution in [0.2, 0.25) is 0 Å². The fourth-order valence-corrected chi connectivity index (χ4v) is 1.34. The van der Waals surface area contributed by atoms with Crippen LogP contribution in [0.4, 0.5) is 0 Å². The van der Waals surface area contributed by atoms with Gasteiger partial charge in [-0.3, -0.25) is 14.7 Å². The number of aromatic amines is 1. The molecule has 1 rings (SSSR count). The average Bonchev–Trinajstić information content (AvgIpc) is 2.65. The largest absolute Gasteiger partial charge is 0.481 e. The zero-order valence-corrected chi connectivity index (χ0v) is 9.06.